The molecule has 0 amide bonds. The highest BCUT2D eigenvalue weighted by Gasteiger charge is 2.14. The molecule has 1 N–H and O–H groups in total. The van der Waals surface area contributed by atoms with E-state index < -0.39 is 7.26 Å². The molecule has 0 radical (unpaired) electrons. The quantitative estimate of drug-likeness (QED) is 0.507. The molecular weight excluding hydrogens is 187 g/mol. The Balaban J connectivity index is 0. The van der Waals surface area contributed by atoms with E-state index in [-0.39, 0.29) is 17.0 Å². The molecule has 0 aliphatic carbocycles. The van der Waals surface area contributed by atoms with Crippen LogP contribution in [-0.2, 0) is 0 Å². The molecule has 0 fully saturated rings. The number of hydrogen-bond acceptors (Lipinski definition) is 1. The van der Waals surface area contributed by atoms with Gasteiger partial charge >= 0.3 is 0 Å². The van der Waals surface area contributed by atoms with E-state index in [2.05, 4.69) is 20.0 Å². The number of aliphatic hydroxyl groups excluding tert-OH is 1. The molecule has 0 saturated carbocycles. The summed E-state index contributed by atoms with van der Waals surface area (Å²) in [5.41, 5.74) is 0. The average Bonchev–Trinajstić information content (AvgIpc) is 1.30. The van der Waals surface area contributed by atoms with Gasteiger partial charge in [0.1, 0.15) is 0 Å². The van der Waals surface area contributed by atoms with E-state index in [0.29, 0.717) is 6.61 Å². The molecule has 0 spiro atoms. The minimum absolute atomic E-state index is 0. The summed E-state index contributed by atoms with van der Waals surface area (Å²) in [7, 11) is -0.666. The summed E-state index contributed by atoms with van der Waals surface area (Å²) in [6, 6.07) is 0. The smallest absolute Gasteiger partial charge is 0.0817 e. The first kappa shape index (κ1) is 11.6. The van der Waals surface area contributed by atoms with Gasteiger partial charge in [0, 0.05) is 27.3 Å². The van der Waals surface area contributed by atoms with Crippen molar-refractivity contribution in [2.75, 3.05) is 32.8 Å². The van der Waals surface area contributed by atoms with Crippen LogP contribution in [0.1, 0.15) is 0 Å². The first-order chi connectivity index (χ1) is 3.06. The normalized spacial score (nSPS) is 10.5. The molecule has 0 heterocycles. The predicted octanol–water partition coefficient (Wildman–Crippen LogP) is -2.11. The molecule has 3 heteroatoms. The van der Waals surface area contributed by atoms with Gasteiger partial charge in [-0.05, 0) is 0 Å². The monoisotopic (exact) mass is 200 g/mol. The van der Waals surface area contributed by atoms with Gasteiger partial charge in [0.05, 0.1) is 12.8 Å². The summed E-state index contributed by atoms with van der Waals surface area (Å²) in [4.78, 5) is 0. The fraction of sp³-hybridized carbons (Fsp3) is 1.00. The summed E-state index contributed by atoms with van der Waals surface area (Å²) in [5.74, 6) is 0. The van der Waals surface area contributed by atoms with Crippen LogP contribution in [0.2, 0.25) is 0 Å². The van der Waals surface area contributed by atoms with Gasteiger partial charge in [-0.3, -0.25) is 0 Å². The maximum absolute atomic E-state index is 8.43. The molecule has 8 heavy (non-hydrogen) atoms. The lowest BCUT2D eigenvalue weighted by atomic mass is 10.9. The Bertz CT molecular complexity index is 50.9. The van der Waals surface area contributed by atoms with E-state index in [1.165, 1.54) is 0 Å². The van der Waals surface area contributed by atoms with Crippen LogP contribution < -0.4 is 17.0 Å². The number of aliphatic hydroxyl groups is 1. The summed E-state index contributed by atoms with van der Waals surface area (Å²) in [5, 5.41) is 8.43. The maximum Gasteiger partial charge on any atom is 0.0817 e. The van der Waals surface area contributed by atoms with Crippen LogP contribution >= 0.6 is 7.26 Å². The van der Waals surface area contributed by atoms with Crippen LogP contribution in [0.25, 0.3) is 0 Å². The zero-order chi connectivity index (χ0) is 5.91. The highest BCUT2D eigenvalue weighted by atomic mass is 79.9. The fourth-order valence-electron chi connectivity index (χ4n) is 0.300. The van der Waals surface area contributed by atoms with Crippen LogP contribution in [0, 0.1) is 0 Å². The van der Waals surface area contributed by atoms with E-state index in [0.717, 1.165) is 6.16 Å². The van der Waals surface area contributed by atoms with E-state index in [9.17, 15) is 0 Å². The highest BCUT2D eigenvalue weighted by molar-refractivity contribution is 7.73. The first-order valence-corrected chi connectivity index (χ1v) is 5.79. The van der Waals surface area contributed by atoms with Gasteiger partial charge in [-0.15, -0.1) is 0 Å². The summed E-state index contributed by atoms with van der Waals surface area (Å²) in [6.45, 7) is 7.03. The molecule has 0 aromatic heterocycles. The van der Waals surface area contributed by atoms with Crippen molar-refractivity contribution in [1.82, 2.24) is 0 Å². The van der Waals surface area contributed by atoms with Crippen molar-refractivity contribution < 1.29 is 22.1 Å². The van der Waals surface area contributed by atoms with E-state index in [1.807, 2.05) is 0 Å². The zero-order valence-corrected chi connectivity index (χ0v) is 8.17. The zero-order valence-electron chi connectivity index (χ0n) is 5.69. The fourth-order valence-corrected chi connectivity index (χ4v) is 0.900. The van der Waals surface area contributed by atoms with Crippen molar-refractivity contribution in [3.05, 3.63) is 0 Å². The van der Waals surface area contributed by atoms with Crippen LogP contribution in [-0.4, -0.2) is 37.9 Å². The molecule has 52 valence electrons. The van der Waals surface area contributed by atoms with Crippen LogP contribution in [0.3, 0.4) is 0 Å². The second-order valence-corrected chi connectivity index (χ2v) is 7.77. The minimum Gasteiger partial charge on any atom is -1.00 e. The molecule has 1 nitrogen and oxygen atoms in total. The Morgan fingerprint density at radius 3 is 1.62 bits per heavy atom. The van der Waals surface area contributed by atoms with Gasteiger partial charge < -0.3 is 22.1 Å². The topological polar surface area (TPSA) is 20.2 Å². The van der Waals surface area contributed by atoms with E-state index >= 15 is 0 Å². The molecule has 0 aliphatic rings. The molecular formula is C5H14BrOP. The Morgan fingerprint density at radius 2 is 1.62 bits per heavy atom. The summed E-state index contributed by atoms with van der Waals surface area (Å²) in [6.07, 6.45) is 1.01. The molecule has 0 aliphatic heterocycles. The highest BCUT2D eigenvalue weighted by Crippen LogP contribution is 2.45. The van der Waals surface area contributed by atoms with Gasteiger partial charge in [-0.1, -0.05) is 0 Å². The van der Waals surface area contributed by atoms with Crippen molar-refractivity contribution in [3.63, 3.8) is 0 Å². The standard InChI is InChI=1S/C5H14OP.BrH/c1-7(2,3)5-4-6;/h6H,4-5H2,1-3H3;1H/q+1;/p-1. The second-order valence-electron chi connectivity index (χ2n) is 2.74. The van der Waals surface area contributed by atoms with Gasteiger partial charge in [-0.25, -0.2) is 0 Å². The molecule has 0 bridgehead atoms. The number of halogens is 1. The van der Waals surface area contributed by atoms with Crippen LogP contribution in [0.15, 0.2) is 0 Å². The van der Waals surface area contributed by atoms with Gasteiger partial charge in [0.15, 0.2) is 0 Å². The summed E-state index contributed by atoms with van der Waals surface area (Å²) >= 11 is 0. The SMILES string of the molecule is C[P+](C)(C)CCO.[Br-]. The van der Waals surface area contributed by atoms with E-state index in [1.54, 1.807) is 0 Å². The van der Waals surface area contributed by atoms with Crippen molar-refractivity contribution in [3.8, 4) is 0 Å². The minimum atomic E-state index is -0.666. The molecule has 0 rings (SSSR count). The summed E-state index contributed by atoms with van der Waals surface area (Å²) < 4.78 is 0. The largest absolute Gasteiger partial charge is 1.00 e. The Hall–Kier alpha value is 0.870. The third-order valence-corrected chi connectivity index (χ3v) is 2.31. The lowest BCUT2D eigenvalue weighted by molar-refractivity contribution is -0.00000302. The van der Waals surface area contributed by atoms with Gasteiger partial charge in [0.25, 0.3) is 0 Å². The Kier molecular flexibility index (Phi) is 6.87. The third-order valence-electron chi connectivity index (χ3n) is 0.771. The predicted molar refractivity (Wildman–Crippen MR) is 36.6 cm³/mol. The second kappa shape index (κ2) is 4.72. The van der Waals surface area contributed by atoms with Gasteiger partial charge in [-0.2, -0.15) is 0 Å². The maximum atomic E-state index is 8.43. The van der Waals surface area contributed by atoms with Gasteiger partial charge in [0.2, 0.25) is 0 Å². The number of rotatable bonds is 2. The lowest BCUT2D eigenvalue weighted by Crippen LogP contribution is -3.00. The van der Waals surface area contributed by atoms with Crippen LogP contribution in [0.5, 0.6) is 0 Å². The average molecular weight is 201 g/mol. The van der Waals surface area contributed by atoms with Crippen LogP contribution in [0.4, 0.5) is 0 Å². The Labute approximate surface area is 62.6 Å². The van der Waals surface area contributed by atoms with E-state index in [4.69, 9.17) is 5.11 Å². The van der Waals surface area contributed by atoms with Crippen molar-refractivity contribution in [2.45, 2.75) is 0 Å². The molecule has 0 aromatic rings. The molecule has 0 atom stereocenters. The van der Waals surface area contributed by atoms with Crippen molar-refractivity contribution >= 4 is 7.26 Å². The first-order valence-electron chi connectivity index (χ1n) is 2.47. The molecule has 0 unspecified atom stereocenters. The van der Waals surface area contributed by atoms with Crippen molar-refractivity contribution in [2.24, 2.45) is 0 Å². The number of hydrogen-bond donors (Lipinski definition) is 1. The Morgan fingerprint density at radius 1 is 1.25 bits per heavy atom. The lowest BCUT2D eigenvalue weighted by Gasteiger charge is -2.07. The molecule has 0 saturated heterocycles. The molecule has 0 aromatic carbocycles. The van der Waals surface area contributed by atoms with Crippen molar-refractivity contribution in [1.29, 1.82) is 0 Å². The third kappa shape index (κ3) is 9.98.